The van der Waals surface area contributed by atoms with Gasteiger partial charge in [-0.1, -0.05) is 11.6 Å². The van der Waals surface area contributed by atoms with Gasteiger partial charge in [-0.25, -0.2) is 22.3 Å². The van der Waals surface area contributed by atoms with Crippen LogP contribution in [0.4, 0.5) is 14.5 Å². The molecule has 0 fully saturated rings. The van der Waals surface area contributed by atoms with Crippen molar-refractivity contribution in [3.8, 4) is 0 Å². The third kappa shape index (κ3) is 3.27. The second kappa shape index (κ2) is 5.39. The number of sulfonamides is 1. The van der Waals surface area contributed by atoms with Crippen LogP contribution in [0.5, 0.6) is 0 Å². The number of halogens is 3. The van der Waals surface area contributed by atoms with E-state index in [1.165, 1.54) is 12.1 Å². The van der Waals surface area contributed by atoms with Gasteiger partial charge in [0.2, 0.25) is 5.09 Å². The summed E-state index contributed by atoms with van der Waals surface area (Å²) in [5, 5.41) is 6.92. The molecule has 0 atom stereocenters. The van der Waals surface area contributed by atoms with Crippen LogP contribution in [0.25, 0.3) is 0 Å². The number of hydrogen-bond donors (Lipinski definition) is 2. The normalized spacial score (nSPS) is 11.6. The summed E-state index contributed by atoms with van der Waals surface area (Å²) in [5.41, 5.74) is -0.110. The van der Waals surface area contributed by atoms with Crippen LogP contribution < -0.4 is 10.5 Å². The number of anilines is 1. The maximum Gasteiger partial charge on any atom is 0.271 e. The molecule has 2 aromatic rings. The van der Waals surface area contributed by atoms with Crippen LogP contribution in [-0.4, -0.2) is 8.42 Å². The van der Waals surface area contributed by atoms with Gasteiger partial charge in [0, 0.05) is 6.07 Å². The average molecular weight is 323 g/mol. The average Bonchev–Trinajstić information content (AvgIpc) is 2.75. The second-order valence-corrected chi connectivity index (χ2v) is 5.76. The Morgan fingerprint density at radius 1 is 1.30 bits per heavy atom. The Morgan fingerprint density at radius 2 is 2.00 bits per heavy atom. The summed E-state index contributed by atoms with van der Waals surface area (Å²) < 4.78 is 53.3. The van der Waals surface area contributed by atoms with Gasteiger partial charge in [-0.2, -0.15) is 0 Å². The third-order valence-electron chi connectivity index (χ3n) is 2.36. The van der Waals surface area contributed by atoms with Gasteiger partial charge in [-0.15, -0.1) is 0 Å². The Kier molecular flexibility index (Phi) is 3.98. The van der Waals surface area contributed by atoms with Gasteiger partial charge >= 0.3 is 0 Å². The van der Waals surface area contributed by atoms with Crippen molar-refractivity contribution in [3.05, 3.63) is 46.7 Å². The minimum Gasteiger partial charge on any atom is -0.446 e. The predicted molar refractivity (Wildman–Crippen MR) is 68.8 cm³/mol. The van der Waals surface area contributed by atoms with Crippen LogP contribution >= 0.6 is 11.6 Å². The van der Waals surface area contributed by atoms with Crippen molar-refractivity contribution < 1.29 is 21.6 Å². The van der Waals surface area contributed by atoms with Crippen molar-refractivity contribution in [1.82, 2.24) is 0 Å². The van der Waals surface area contributed by atoms with Crippen LogP contribution in [0.15, 0.2) is 33.8 Å². The number of rotatable bonds is 4. The topological polar surface area (TPSA) is 85.3 Å². The molecule has 0 saturated carbocycles. The van der Waals surface area contributed by atoms with E-state index in [9.17, 15) is 17.2 Å². The SMILES string of the molecule is NS(=O)(=O)c1ccc(CNc2c(F)cc(F)cc2Cl)o1. The van der Waals surface area contributed by atoms with Crippen LogP contribution in [-0.2, 0) is 16.6 Å². The highest BCUT2D eigenvalue weighted by molar-refractivity contribution is 7.89. The van der Waals surface area contributed by atoms with Crippen molar-refractivity contribution in [2.24, 2.45) is 5.14 Å². The first-order chi connectivity index (χ1) is 9.27. The van der Waals surface area contributed by atoms with E-state index in [-0.39, 0.29) is 23.0 Å². The van der Waals surface area contributed by atoms with Gasteiger partial charge in [0.05, 0.1) is 17.3 Å². The van der Waals surface area contributed by atoms with E-state index in [4.69, 9.17) is 21.2 Å². The molecule has 0 radical (unpaired) electrons. The predicted octanol–water partition coefficient (Wildman–Crippen LogP) is 2.47. The molecule has 0 amide bonds. The summed E-state index contributed by atoms with van der Waals surface area (Å²) >= 11 is 5.69. The second-order valence-electron chi connectivity index (χ2n) is 3.86. The summed E-state index contributed by atoms with van der Waals surface area (Å²) in [5.74, 6) is -1.46. The summed E-state index contributed by atoms with van der Waals surface area (Å²) in [6.45, 7) is -0.0439. The lowest BCUT2D eigenvalue weighted by molar-refractivity contribution is 0.419. The largest absolute Gasteiger partial charge is 0.446 e. The standard InChI is InChI=1S/C11H9ClF2N2O3S/c12-8-3-6(13)4-9(14)11(8)16-5-7-1-2-10(19-7)20(15,17)18/h1-4,16H,5H2,(H2,15,17,18). The minimum absolute atomic E-state index is 0.0439. The molecular formula is C11H9ClF2N2O3S. The first kappa shape index (κ1) is 14.8. The monoisotopic (exact) mass is 322 g/mol. The van der Waals surface area contributed by atoms with Gasteiger partial charge in [0.1, 0.15) is 11.6 Å². The highest BCUT2D eigenvalue weighted by atomic mass is 35.5. The lowest BCUT2D eigenvalue weighted by Crippen LogP contribution is -2.10. The van der Waals surface area contributed by atoms with Crippen molar-refractivity contribution >= 4 is 27.3 Å². The third-order valence-corrected chi connectivity index (χ3v) is 3.44. The highest BCUT2D eigenvalue weighted by Crippen LogP contribution is 2.27. The first-order valence-corrected chi connectivity index (χ1v) is 7.20. The Labute approximate surface area is 118 Å². The maximum absolute atomic E-state index is 13.5. The van der Waals surface area contributed by atoms with E-state index in [0.717, 1.165) is 6.07 Å². The molecule has 1 aromatic carbocycles. The zero-order chi connectivity index (χ0) is 14.9. The Balaban J connectivity index is 2.16. The summed E-state index contributed by atoms with van der Waals surface area (Å²) in [6.07, 6.45) is 0. The molecule has 5 nitrogen and oxygen atoms in total. The molecule has 3 N–H and O–H groups in total. The van der Waals surface area contributed by atoms with Crippen LogP contribution in [0.2, 0.25) is 5.02 Å². The molecule has 2 rings (SSSR count). The quantitative estimate of drug-likeness (QED) is 0.905. The molecule has 0 spiro atoms. The zero-order valence-electron chi connectivity index (χ0n) is 9.86. The molecule has 0 aliphatic heterocycles. The van der Waals surface area contributed by atoms with Crippen molar-refractivity contribution in [3.63, 3.8) is 0 Å². The van der Waals surface area contributed by atoms with E-state index < -0.39 is 26.8 Å². The van der Waals surface area contributed by atoms with E-state index in [2.05, 4.69) is 5.32 Å². The summed E-state index contributed by atoms with van der Waals surface area (Å²) in [6, 6.07) is 4.16. The molecule has 0 aliphatic carbocycles. The van der Waals surface area contributed by atoms with Crippen LogP contribution in [0.1, 0.15) is 5.76 Å². The fourth-order valence-electron chi connectivity index (χ4n) is 1.49. The Bertz CT molecular complexity index is 723. The van der Waals surface area contributed by atoms with Gasteiger partial charge in [0.15, 0.2) is 5.82 Å². The molecule has 1 heterocycles. The van der Waals surface area contributed by atoms with Crippen molar-refractivity contribution in [2.45, 2.75) is 11.6 Å². The summed E-state index contributed by atoms with van der Waals surface area (Å²) in [7, 11) is -3.93. The lowest BCUT2D eigenvalue weighted by Gasteiger charge is -2.08. The van der Waals surface area contributed by atoms with Crippen LogP contribution in [0, 0.1) is 11.6 Å². The zero-order valence-corrected chi connectivity index (χ0v) is 11.4. The van der Waals surface area contributed by atoms with Crippen LogP contribution in [0.3, 0.4) is 0 Å². The Morgan fingerprint density at radius 3 is 2.55 bits per heavy atom. The number of hydrogen-bond acceptors (Lipinski definition) is 4. The van der Waals surface area contributed by atoms with Crippen molar-refractivity contribution in [1.29, 1.82) is 0 Å². The minimum atomic E-state index is -3.93. The molecule has 108 valence electrons. The van der Waals surface area contributed by atoms with E-state index >= 15 is 0 Å². The fraction of sp³-hybridized carbons (Fsp3) is 0.0909. The molecule has 9 heteroatoms. The molecule has 0 saturated heterocycles. The number of nitrogens with one attached hydrogen (secondary N) is 1. The van der Waals surface area contributed by atoms with Crippen molar-refractivity contribution in [2.75, 3.05) is 5.32 Å². The molecule has 20 heavy (non-hydrogen) atoms. The van der Waals surface area contributed by atoms with Gasteiger partial charge in [-0.05, 0) is 18.2 Å². The lowest BCUT2D eigenvalue weighted by atomic mass is 10.3. The summed E-state index contributed by atoms with van der Waals surface area (Å²) in [4.78, 5) is 0. The number of benzene rings is 1. The molecule has 0 unspecified atom stereocenters. The Hall–Kier alpha value is -1.64. The highest BCUT2D eigenvalue weighted by Gasteiger charge is 2.14. The molecule has 1 aromatic heterocycles. The fourth-order valence-corrected chi connectivity index (χ4v) is 2.23. The first-order valence-electron chi connectivity index (χ1n) is 5.27. The van der Waals surface area contributed by atoms with Gasteiger partial charge < -0.3 is 9.73 Å². The van der Waals surface area contributed by atoms with Gasteiger partial charge in [0.25, 0.3) is 10.0 Å². The smallest absolute Gasteiger partial charge is 0.271 e. The van der Waals surface area contributed by atoms with Gasteiger partial charge in [-0.3, -0.25) is 0 Å². The molecular weight excluding hydrogens is 314 g/mol. The number of furan rings is 1. The number of nitrogens with two attached hydrogens (primary N) is 1. The molecule has 0 bridgehead atoms. The van der Waals surface area contributed by atoms with E-state index in [1.54, 1.807) is 0 Å². The van der Waals surface area contributed by atoms with E-state index in [0.29, 0.717) is 6.07 Å². The molecule has 0 aliphatic rings. The number of primary sulfonamides is 1. The maximum atomic E-state index is 13.5. The van der Waals surface area contributed by atoms with E-state index in [1.807, 2.05) is 0 Å².